The zero-order valence-corrected chi connectivity index (χ0v) is 13.6. The van der Waals surface area contributed by atoms with E-state index in [1.807, 2.05) is 0 Å². The first-order valence-corrected chi connectivity index (χ1v) is 7.28. The molecule has 0 radical (unpaired) electrons. The molecule has 0 saturated carbocycles. The Morgan fingerprint density at radius 1 is 1.53 bits per heavy atom. The maximum Gasteiger partial charge on any atom is 0.251 e. The van der Waals surface area contributed by atoms with Gasteiger partial charge in [-0.05, 0) is 66.0 Å². The first-order valence-electron chi connectivity index (χ1n) is 6.11. The first kappa shape index (κ1) is 16.8. The molecule has 1 atom stereocenters. The summed E-state index contributed by atoms with van der Waals surface area (Å²) in [6.45, 7) is 2.89. The molecule has 1 unspecified atom stereocenters. The van der Waals surface area contributed by atoms with Crippen molar-refractivity contribution in [2.75, 3.05) is 19.6 Å². The lowest BCUT2D eigenvalue weighted by Crippen LogP contribution is -2.26. The van der Waals surface area contributed by atoms with E-state index in [0.717, 1.165) is 30.5 Å². The summed E-state index contributed by atoms with van der Waals surface area (Å²) in [5.41, 5.74) is 0.604. The number of hydrogen-bond donors (Lipinski definition) is 2. The van der Waals surface area contributed by atoms with Crippen molar-refractivity contribution in [2.45, 2.75) is 12.8 Å². The van der Waals surface area contributed by atoms with Gasteiger partial charge in [0.2, 0.25) is 0 Å². The second-order valence-corrected chi connectivity index (χ2v) is 5.79. The summed E-state index contributed by atoms with van der Waals surface area (Å²) in [6, 6.07) is 5.23. The summed E-state index contributed by atoms with van der Waals surface area (Å²) < 4.78 is 0.803. The number of benzene rings is 1. The highest BCUT2D eigenvalue weighted by Gasteiger charge is 2.14. The molecular formula is C13H17BrCl2N2O. The summed E-state index contributed by atoms with van der Waals surface area (Å²) in [5.74, 6) is 0.633. The predicted molar refractivity (Wildman–Crippen MR) is 84.3 cm³/mol. The van der Waals surface area contributed by atoms with Crippen LogP contribution in [0.25, 0.3) is 0 Å². The Morgan fingerprint density at radius 3 is 2.95 bits per heavy atom. The maximum atomic E-state index is 11.9. The number of amides is 1. The third kappa shape index (κ3) is 4.95. The van der Waals surface area contributed by atoms with Crippen LogP contribution >= 0.6 is 39.9 Å². The van der Waals surface area contributed by atoms with Gasteiger partial charge in [-0.2, -0.15) is 0 Å². The predicted octanol–water partition coefficient (Wildman–Crippen LogP) is 3.25. The lowest BCUT2D eigenvalue weighted by atomic mass is 10.1. The molecule has 0 spiro atoms. The Bertz CT molecular complexity index is 437. The van der Waals surface area contributed by atoms with E-state index in [4.69, 9.17) is 11.6 Å². The van der Waals surface area contributed by atoms with Crippen LogP contribution in [-0.4, -0.2) is 25.5 Å². The third-order valence-electron chi connectivity index (χ3n) is 3.18. The zero-order chi connectivity index (χ0) is 13.0. The number of halogens is 3. The lowest BCUT2D eigenvalue weighted by molar-refractivity contribution is 0.0951. The SMILES string of the molecule is Cl.O=C(NCCC1CCNC1)c1ccc(Br)c(Cl)c1. The van der Waals surface area contributed by atoms with Crippen LogP contribution in [0, 0.1) is 5.92 Å². The van der Waals surface area contributed by atoms with Gasteiger partial charge in [0.05, 0.1) is 5.02 Å². The Kier molecular flexibility index (Phi) is 7.15. The molecule has 2 N–H and O–H groups in total. The van der Waals surface area contributed by atoms with Crippen molar-refractivity contribution in [3.05, 3.63) is 33.3 Å². The van der Waals surface area contributed by atoms with E-state index < -0.39 is 0 Å². The normalized spacial score (nSPS) is 17.9. The van der Waals surface area contributed by atoms with Crippen LogP contribution in [0.1, 0.15) is 23.2 Å². The van der Waals surface area contributed by atoms with Crippen LogP contribution in [0.3, 0.4) is 0 Å². The van der Waals surface area contributed by atoms with Crippen molar-refractivity contribution >= 4 is 45.8 Å². The van der Waals surface area contributed by atoms with Crippen LogP contribution in [0.5, 0.6) is 0 Å². The largest absolute Gasteiger partial charge is 0.352 e. The second-order valence-electron chi connectivity index (χ2n) is 4.53. The number of rotatable bonds is 4. The third-order valence-corrected chi connectivity index (χ3v) is 4.41. The molecule has 6 heteroatoms. The average molecular weight is 368 g/mol. The molecule has 2 rings (SSSR count). The Labute approximate surface area is 133 Å². The second kappa shape index (κ2) is 8.10. The van der Waals surface area contributed by atoms with Gasteiger partial charge in [-0.25, -0.2) is 0 Å². The monoisotopic (exact) mass is 366 g/mol. The van der Waals surface area contributed by atoms with E-state index in [1.165, 1.54) is 6.42 Å². The van der Waals surface area contributed by atoms with Crippen molar-refractivity contribution in [2.24, 2.45) is 5.92 Å². The van der Waals surface area contributed by atoms with Gasteiger partial charge < -0.3 is 10.6 Å². The minimum Gasteiger partial charge on any atom is -0.352 e. The van der Waals surface area contributed by atoms with E-state index in [9.17, 15) is 4.79 Å². The fraction of sp³-hybridized carbons (Fsp3) is 0.462. The molecule has 0 bridgehead atoms. The Morgan fingerprint density at radius 2 is 2.32 bits per heavy atom. The van der Waals surface area contributed by atoms with Gasteiger partial charge in [-0.15, -0.1) is 12.4 Å². The van der Waals surface area contributed by atoms with Crippen molar-refractivity contribution in [1.29, 1.82) is 0 Å². The molecule has 1 aliphatic rings. The Hall–Kier alpha value is -0.290. The fourth-order valence-corrected chi connectivity index (χ4v) is 2.52. The Balaban J connectivity index is 0.00000180. The van der Waals surface area contributed by atoms with Gasteiger partial charge >= 0.3 is 0 Å². The minimum absolute atomic E-state index is 0. The molecule has 19 heavy (non-hydrogen) atoms. The van der Waals surface area contributed by atoms with Gasteiger partial charge in [0, 0.05) is 16.6 Å². The maximum absolute atomic E-state index is 11.9. The van der Waals surface area contributed by atoms with Crippen molar-refractivity contribution < 1.29 is 4.79 Å². The van der Waals surface area contributed by atoms with Crippen LogP contribution in [0.15, 0.2) is 22.7 Å². The van der Waals surface area contributed by atoms with Crippen LogP contribution < -0.4 is 10.6 Å². The highest BCUT2D eigenvalue weighted by atomic mass is 79.9. The van der Waals surface area contributed by atoms with Gasteiger partial charge in [-0.1, -0.05) is 11.6 Å². The summed E-state index contributed by atoms with van der Waals surface area (Å²) >= 11 is 9.27. The topological polar surface area (TPSA) is 41.1 Å². The highest BCUT2D eigenvalue weighted by molar-refractivity contribution is 9.10. The highest BCUT2D eigenvalue weighted by Crippen LogP contribution is 2.23. The number of nitrogens with one attached hydrogen (secondary N) is 2. The van der Waals surface area contributed by atoms with Crippen molar-refractivity contribution in [1.82, 2.24) is 10.6 Å². The molecule has 1 aromatic carbocycles. The molecule has 1 heterocycles. The summed E-state index contributed by atoms with van der Waals surface area (Å²) in [7, 11) is 0. The quantitative estimate of drug-likeness (QED) is 0.857. The number of hydrogen-bond acceptors (Lipinski definition) is 2. The van der Waals surface area contributed by atoms with E-state index >= 15 is 0 Å². The molecular weight excluding hydrogens is 351 g/mol. The summed E-state index contributed by atoms with van der Waals surface area (Å²) in [5, 5.41) is 6.81. The summed E-state index contributed by atoms with van der Waals surface area (Å²) in [4.78, 5) is 11.9. The molecule has 3 nitrogen and oxygen atoms in total. The van der Waals surface area contributed by atoms with Gasteiger partial charge in [0.15, 0.2) is 0 Å². The fourth-order valence-electron chi connectivity index (χ4n) is 2.09. The number of carbonyl (C=O) groups excluding carboxylic acids is 1. The average Bonchev–Trinajstić information content (AvgIpc) is 2.85. The molecule has 1 aromatic rings. The first-order chi connectivity index (χ1) is 8.66. The lowest BCUT2D eigenvalue weighted by Gasteiger charge is -2.09. The molecule has 1 fully saturated rings. The molecule has 0 aromatic heterocycles. The van der Waals surface area contributed by atoms with Gasteiger partial charge in [0.1, 0.15) is 0 Å². The number of carbonyl (C=O) groups is 1. The molecule has 1 aliphatic heterocycles. The van der Waals surface area contributed by atoms with Crippen molar-refractivity contribution in [3.63, 3.8) is 0 Å². The molecule has 0 aliphatic carbocycles. The minimum atomic E-state index is -0.0599. The summed E-state index contributed by atoms with van der Waals surface area (Å²) in [6.07, 6.45) is 2.24. The van der Waals surface area contributed by atoms with Crippen LogP contribution in [0.2, 0.25) is 5.02 Å². The standard InChI is InChI=1S/C13H16BrClN2O.ClH/c14-11-2-1-10(7-12(11)15)13(18)17-6-4-9-3-5-16-8-9;/h1-2,7,9,16H,3-6,8H2,(H,17,18);1H. The molecule has 1 amide bonds. The van der Waals surface area contributed by atoms with E-state index in [0.29, 0.717) is 16.5 Å². The smallest absolute Gasteiger partial charge is 0.251 e. The van der Waals surface area contributed by atoms with Crippen molar-refractivity contribution in [3.8, 4) is 0 Å². The van der Waals surface area contributed by atoms with Gasteiger partial charge in [0.25, 0.3) is 5.91 Å². The zero-order valence-electron chi connectivity index (χ0n) is 10.4. The molecule has 106 valence electrons. The molecule has 1 saturated heterocycles. The van der Waals surface area contributed by atoms with Gasteiger partial charge in [-0.3, -0.25) is 4.79 Å². The van der Waals surface area contributed by atoms with Crippen LogP contribution in [0.4, 0.5) is 0 Å². The van der Waals surface area contributed by atoms with E-state index in [2.05, 4.69) is 26.6 Å². The van der Waals surface area contributed by atoms with Crippen LogP contribution in [-0.2, 0) is 0 Å². The van der Waals surface area contributed by atoms with E-state index in [-0.39, 0.29) is 18.3 Å². The van der Waals surface area contributed by atoms with E-state index in [1.54, 1.807) is 18.2 Å².